The van der Waals surface area contributed by atoms with Crippen LogP contribution in [0.1, 0.15) is 5.56 Å². The SMILES string of the molecule is ClCCN(CCCl)c1ccc(C=NC2C=CC=C2)cc1. The Bertz CT molecular complexity index is 474. The zero-order valence-corrected chi connectivity index (χ0v) is 12.8. The van der Waals surface area contributed by atoms with E-state index in [-0.39, 0.29) is 6.04 Å². The summed E-state index contributed by atoms with van der Waals surface area (Å²) in [5.41, 5.74) is 2.24. The molecule has 0 aromatic heterocycles. The molecule has 2 rings (SSSR count). The third kappa shape index (κ3) is 4.39. The lowest BCUT2D eigenvalue weighted by atomic mass is 10.2. The molecule has 4 heteroatoms. The second kappa shape index (κ2) is 8.13. The number of benzene rings is 1. The van der Waals surface area contributed by atoms with Gasteiger partial charge in [0.1, 0.15) is 0 Å². The van der Waals surface area contributed by atoms with Crippen molar-refractivity contribution in [2.75, 3.05) is 29.7 Å². The highest BCUT2D eigenvalue weighted by atomic mass is 35.5. The van der Waals surface area contributed by atoms with Crippen LogP contribution in [0.25, 0.3) is 0 Å². The predicted octanol–water partition coefficient (Wildman–Crippen LogP) is 3.88. The first-order valence-corrected chi connectivity index (χ1v) is 7.75. The Morgan fingerprint density at radius 2 is 1.60 bits per heavy atom. The number of aliphatic imine (C=N–C) groups is 1. The van der Waals surface area contributed by atoms with E-state index in [4.69, 9.17) is 23.2 Å². The number of nitrogens with zero attached hydrogens (tertiary/aromatic N) is 2. The highest BCUT2D eigenvalue weighted by Crippen LogP contribution is 2.15. The molecule has 0 saturated heterocycles. The average molecular weight is 309 g/mol. The fraction of sp³-hybridized carbons (Fsp3) is 0.312. The van der Waals surface area contributed by atoms with Crippen molar-refractivity contribution in [3.05, 3.63) is 54.1 Å². The first kappa shape index (κ1) is 15.1. The number of anilines is 1. The molecule has 106 valence electrons. The normalized spacial score (nSPS) is 14.5. The van der Waals surface area contributed by atoms with E-state index in [1.54, 1.807) is 0 Å². The monoisotopic (exact) mass is 308 g/mol. The highest BCUT2D eigenvalue weighted by Gasteiger charge is 2.05. The van der Waals surface area contributed by atoms with Gasteiger partial charge in [-0.3, -0.25) is 4.99 Å². The molecule has 0 spiro atoms. The fourth-order valence-corrected chi connectivity index (χ4v) is 2.44. The fourth-order valence-electron chi connectivity index (χ4n) is 2.04. The summed E-state index contributed by atoms with van der Waals surface area (Å²) in [6.07, 6.45) is 10.1. The zero-order valence-electron chi connectivity index (χ0n) is 11.3. The summed E-state index contributed by atoms with van der Waals surface area (Å²) in [5, 5.41) is 0. The molecule has 0 bridgehead atoms. The molecule has 0 atom stereocenters. The number of hydrogen-bond acceptors (Lipinski definition) is 2. The van der Waals surface area contributed by atoms with Crippen LogP contribution in [0.4, 0.5) is 5.69 Å². The minimum Gasteiger partial charge on any atom is -0.369 e. The molecule has 0 saturated carbocycles. The summed E-state index contributed by atoms with van der Waals surface area (Å²) in [6.45, 7) is 1.61. The molecule has 1 aliphatic rings. The maximum absolute atomic E-state index is 5.82. The molecule has 20 heavy (non-hydrogen) atoms. The molecular weight excluding hydrogens is 291 g/mol. The van der Waals surface area contributed by atoms with Gasteiger partial charge in [-0.05, 0) is 17.7 Å². The van der Waals surface area contributed by atoms with Gasteiger partial charge >= 0.3 is 0 Å². The van der Waals surface area contributed by atoms with Gasteiger partial charge in [-0.2, -0.15) is 0 Å². The smallest absolute Gasteiger partial charge is 0.0867 e. The Morgan fingerprint density at radius 1 is 1.00 bits per heavy atom. The van der Waals surface area contributed by atoms with Gasteiger partial charge in [0.25, 0.3) is 0 Å². The third-order valence-corrected chi connectivity index (χ3v) is 3.43. The Labute approximate surface area is 130 Å². The molecular formula is C16H18Cl2N2. The van der Waals surface area contributed by atoms with Crippen LogP contribution in [0.15, 0.2) is 53.6 Å². The van der Waals surface area contributed by atoms with Gasteiger partial charge in [-0.15, -0.1) is 23.2 Å². The van der Waals surface area contributed by atoms with Gasteiger partial charge in [0.2, 0.25) is 0 Å². The zero-order chi connectivity index (χ0) is 14.2. The van der Waals surface area contributed by atoms with E-state index in [1.807, 2.05) is 18.4 Å². The molecule has 0 fully saturated rings. The summed E-state index contributed by atoms with van der Waals surface area (Å²) in [4.78, 5) is 6.67. The van der Waals surface area contributed by atoms with E-state index >= 15 is 0 Å². The van der Waals surface area contributed by atoms with Crippen molar-refractivity contribution in [1.29, 1.82) is 0 Å². The third-order valence-electron chi connectivity index (χ3n) is 3.09. The summed E-state index contributed by atoms with van der Waals surface area (Å²) in [5.74, 6) is 1.20. The van der Waals surface area contributed by atoms with Crippen molar-refractivity contribution in [3.8, 4) is 0 Å². The molecule has 0 heterocycles. The second-order valence-corrected chi connectivity index (χ2v) is 5.25. The van der Waals surface area contributed by atoms with Crippen LogP contribution in [-0.4, -0.2) is 37.1 Å². The van der Waals surface area contributed by atoms with Crippen molar-refractivity contribution in [2.24, 2.45) is 4.99 Å². The topological polar surface area (TPSA) is 15.6 Å². The highest BCUT2D eigenvalue weighted by molar-refractivity contribution is 6.18. The molecule has 2 nitrogen and oxygen atoms in total. The van der Waals surface area contributed by atoms with Crippen LogP contribution in [0.3, 0.4) is 0 Å². The minimum absolute atomic E-state index is 0.179. The van der Waals surface area contributed by atoms with Gasteiger partial charge in [0.05, 0.1) is 6.04 Å². The minimum atomic E-state index is 0.179. The van der Waals surface area contributed by atoms with Crippen LogP contribution in [0, 0.1) is 0 Å². The molecule has 1 aliphatic carbocycles. The van der Waals surface area contributed by atoms with Gasteiger partial charge in [0.15, 0.2) is 0 Å². The summed E-state index contributed by atoms with van der Waals surface area (Å²) in [6, 6.07) is 8.48. The molecule has 0 N–H and O–H groups in total. The van der Waals surface area contributed by atoms with E-state index in [0.717, 1.165) is 24.3 Å². The lowest BCUT2D eigenvalue weighted by molar-refractivity contribution is 0.874. The van der Waals surface area contributed by atoms with Gasteiger partial charge in [-0.25, -0.2) is 0 Å². The van der Waals surface area contributed by atoms with Crippen LogP contribution >= 0.6 is 23.2 Å². The maximum Gasteiger partial charge on any atom is 0.0867 e. The summed E-state index contributed by atoms with van der Waals surface area (Å²) < 4.78 is 0. The van der Waals surface area contributed by atoms with E-state index in [2.05, 4.69) is 46.3 Å². The molecule has 0 amide bonds. The van der Waals surface area contributed by atoms with E-state index in [9.17, 15) is 0 Å². The second-order valence-electron chi connectivity index (χ2n) is 4.50. The molecule has 1 aromatic carbocycles. The van der Waals surface area contributed by atoms with E-state index in [1.165, 1.54) is 0 Å². The van der Waals surface area contributed by atoms with E-state index < -0.39 is 0 Å². The van der Waals surface area contributed by atoms with Gasteiger partial charge < -0.3 is 4.90 Å². The van der Waals surface area contributed by atoms with Crippen LogP contribution in [0.2, 0.25) is 0 Å². The summed E-state index contributed by atoms with van der Waals surface area (Å²) in [7, 11) is 0. The number of rotatable bonds is 7. The standard InChI is InChI=1S/C16H18Cl2N2/c17-9-11-20(12-10-18)16-7-5-14(6-8-16)13-19-15-3-1-2-4-15/h1-8,13,15H,9-12H2. The molecule has 1 aromatic rings. The number of allylic oxidation sites excluding steroid dienone is 2. The van der Waals surface area contributed by atoms with Crippen molar-refractivity contribution in [2.45, 2.75) is 6.04 Å². The molecule has 0 aliphatic heterocycles. The van der Waals surface area contributed by atoms with Crippen LogP contribution < -0.4 is 4.90 Å². The maximum atomic E-state index is 5.82. The largest absolute Gasteiger partial charge is 0.369 e. The Balaban J connectivity index is 2.00. The summed E-state index contributed by atoms with van der Waals surface area (Å²) >= 11 is 11.6. The number of alkyl halides is 2. The lowest BCUT2D eigenvalue weighted by Crippen LogP contribution is -2.27. The number of hydrogen-bond donors (Lipinski definition) is 0. The van der Waals surface area contributed by atoms with Gasteiger partial charge in [-0.1, -0.05) is 36.4 Å². The van der Waals surface area contributed by atoms with Gasteiger partial charge in [0, 0.05) is 36.8 Å². The van der Waals surface area contributed by atoms with Crippen LogP contribution in [0.5, 0.6) is 0 Å². The average Bonchev–Trinajstić information content (AvgIpc) is 2.99. The first-order valence-electron chi connectivity index (χ1n) is 6.68. The van der Waals surface area contributed by atoms with Crippen LogP contribution in [-0.2, 0) is 0 Å². The van der Waals surface area contributed by atoms with Crippen molar-refractivity contribution < 1.29 is 0 Å². The predicted molar refractivity (Wildman–Crippen MR) is 89.8 cm³/mol. The van der Waals surface area contributed by atoms with E-state index in [0.29, 0.717) is 11.8 Å². The lowest BCUT2D eigenvalue weighted by Gasteiger charge is -2.22. The Kier molecular flexibility index (Phi) is 6.16. The number of halogens is 2. The van der Waals surface area contributed by atoms with Crippen molar-refractivity contribution in [3.63, 3.8) is 0 Å². The van der Waals surface area contributed by atoms with Crippen molar-refractivity contribution >= 4 is 35.1 Å². The Hall–Kier alpha value is -1.25. The molecule has 0 radical (unpaired) electrons. The quantitative estimate of drug-likeness (QED) is 0.551. The van der Waals surface area contributed by atoms with Crippen molar-refractivity contribution in [1.82, 2.24) is 0 Å². The Morgan fingerprint density at radius 3 is 2.15 bits per heavy atom. The first-order chi connectivity index (χ1) is 9.83. The molecule has 0 unspecified atom stereocenters.